The molecule has 0 saturated carbocycles. The number of amides is 1. The van der Waals surface area contributed by atoms with Crippen molar-refractivity contribution in [3.8, 4) is 0 Å². The third-order valence-corrected chi connectivity index (χ3v) is 4.93. The lowest BCUT2D eigenvalue weighted by atomic mass is 10.0. The smallest absolute Gasteiger partial charge is 0.329 e. The van der Waals surface area contributed by atoms with Crippen LogP contribution < -0.4 is 16.6 Å². The summed E-state index contributed by atoms with van der Waals surface area (Å²) in [6, 6.07) is 18.5. The van der Waals surface area contributed by atoms with E-state index in [9.17, 15) is 14.4 Å². The topological polar surface area (TPSA) is 84.0 Å². The van der Waals surface area contributed by atoms with Crippen molar-refractivity contribution in [2.45, 2.75) is 13.1 Å². The van der Waals surface area contributed by atoms with E-state index in [0.29, 0.717) is 12.1 Å². The third-order valence-electron chi connectivity index (χ3n) is 4.62. The number of fused-ring (bicyclic) bond motifs is 2. The Hall–Kier alpha value is -3.38. The molecule has 0 aliphatic rings. The molecule has 0 saturated heterocycles. The maximum atomic E-state index is 12.6. The van der Waals surface area contributed by atoms with Crippen LogP contribution in [0.15, 0.2) is 70.3 Å². The van der Waals surface area contributed by atoms with Crippen molar-refractivity contribution in [2.24, 2.45) is 0 Å². The van der Waals surface area contributed by atoms with E-state index in [4.69, 9.17) is 11.6 Å². The Bertz CT molecular complexity index is 1320. The van der Waals surface area contributed by atoms with Crippen LogP contribution in [-0.4, -0.2) is 15.5 Å². The summed E-state index contributed by atoms with van der Waals surface area (Å²) >= 11 is 6.08. The summed E-state index contributed by atoms with van der Waals surface area (Å²) in [6.45, 7) is -0.0960. The Balaban J connectivity index is 1.58. The number of hydrogen-bond acceptors (Lipinski definition) is 3. The molecule has 1 aromatic heterocycles. The summed E-state index contributed by atoms with van der Waals surface area (Å²) in [4.78, 5) is 39.8. The average molecular weight is 394 g/mol. The Morgan fingerprint density at radius 1 is 1.00 bits per heavy atom. The van der Waals surface area contributed by atoms with Crippen molar-refractivity contribution in [2.75, 3.05) is 0 Å². The molecule has 6 nitrogen and oxygen atoms in total. The number of halogens is 1. The van der Waals surface area contributed by atoms with Gasteiger partial charge in [0.25, 0.3) is 5.56 Å². The van der Waals surface area contributed by atoms with Gasteiger partial charge in [-0.2, -0.15) is 0 Å². The van der Waals surface area contributed by atoms with E-state index in [1.165, 1.54) is 0 Å². The first-order valence-corrected chi connectivity index (χ1v) is 9.07. The second-order valence-corrected chi connectivity index (χ2v) is 6.81. The Morgan fingerprint density at radius 3 is 2.61 bits per heavy atom. The van der Waals surface area contributed by atoms with Gasteiger partial charge < -0.3 is 10.3 Å². The fourth-order valence-electron chi connectivity index (χ4n) is 3.24. The van der Waals surface area contributed by atoms with Crippen molar-refractivity contribution in [3.05, 3.63) is 92.1 Å². The highest BCUT2D eigenvalue weighted by atomic mass is 35.5. The molecule has 140 valence electrons. The van der Waals surface area contributed by atoms with Crippen molar-refractivity contribution < 1.29 is 4.79 Å². The van der Waals surface area contributed by atoms with Crippen LogP contribution in [0.4, 0.5) is 0 Å². The number of H-pyrrole nitrogens is 1. The van der Waals surface area contributed by atoms with Crippen LogP contribution in [-0.2, 0) is 17.9 Å². The largest absolute Gasteiger partial charge is 0.350 e. The van der Waals surface area contributed by atoms with Crippen LogP contribution in [0, 0.1) is 0 Å². The summed E-state index contributed by atoms with van der Waals surface area (Å²) in [5, 5.41) is 5.30. The standard InChI is InChI=1S/C21H16ClN3O3/c22-16-9-4-10-17-19(16)20(27)25(21(28)24-17)12-18(26)23-11-14-7-3-6-13-5-1-2-8-15(13)14/h1-10H,11-12H2,(H,23,26)(H,24,28). The summed E-state index contributed by atoms with van der Waals surface area (Å²) in [6.07, 6.45) is 0. The van der Waals surface area contributed by atoms with Crippen LogP contribution >= 0.6 is 11.6 Å². The van der Waals surface area contributed by atoms with E-state index in [1.807, 2.05) is 42.5 Å². The van der Waals surface area contributed by atoms with Crippen LogP contribution in [0.3, 0.4) is 0 Å². The Kier molecular flexibility index (Phi) is 4.71. The highest BCUT2D eigenvalue weighted by molar-refractivity contribution is 6.35. The van der Waals surface area contributed by atoms with Crippen LogP contribution in [0.2, 0.25) is 5.02 Å². The minimum Gasteiger partial charge on any atom is -0.350 e. The zero-order valence-corrected chi connectivity index (χ0v) is 15.5. The summed E-state index contributed by atoms with van der Waals surface area (Å²) in [5.41, 5.74) is 0.0499. The molecule has 0 spiro atoms. The van der Waals surface area contributed by atoms with Crippen LogP contribution in [0.5, 0.6) is 0 Å². The number of benzene rings is 3. The summed E-state index contributed by atoms with van der Waals surface area (Å²) in [7, 11) is 0. The van der Waals surface area contributed by atoms with E-state index in [-0.39, 0.29) is 17.0 Å². The van der Waals surface area contributed by atoms with Gasteiger partial charge in [-0.15, -0.1) is 0 Å². The second kappa shape index (κ2) is 7.32. The lowest BCUT2D eigenvalue weighted by Crippen LogP contribution is -2.40. The SMILES string of the molecule is O=C(Cn1c(=O)[nH]c2cccc(Cl)c2c1=O)NCc1cccc2ccccc12. The Morgan fingerprint density at radius 2 is 1.75 bits per heavy atom. The number of aromatic amines is 1. The lowest BCUT2D eigenvalue weighted by Gasteiger charge is -2.10. The number of aromatic nitrogens is 2. The first-order valence-electron chi connectivity index (χ1n) is 8.69. The van der Waals surface area contributed by atoms with Crippen molar-refractivity contribution in [3.63, 3.8) is 0 Å². The van der Waals surface area contributed by atoms with Gasteiger partial charge in [-0.1, -0.05) is 60.1 Å². The minimum atomic E-state index is -0.653. The molecule has 4 rings (SSSR count). The molecule has 28 heavy (non-hydrogen) atoms. The van der Waals surface area contributed by atoms with Gasteiger partial charge in [0.2, 0.25) is 5.91 Å². The van der Waals surface area contributed by atoms with Crippen LogP contribution in [0.25, 0.3) is 21.7 Å². The first-order chi connectivity index (χ1) is 13.5. The summed E-state index contributed by atoms with van der Waals surface area (Å²) in [5.74, 6) is -0.438. The highest BCUT2D eigenvalue weighted by Gasteiger charge is 2.13. The van der Waals surface area contributed by atoms with Gasteiger partial charge in [-0.05, 0) is 28.5 Å². The molecule has 0 aliphatic carbocycles. The van der Waals surface area contributed by atoms with Gasteiger partial charge in [0.15, 0.2) is 0 Å². The predicted octanol–water partition coefficient (Wildman–Crippen LogP) is 2.81. The van der Waals surface area contributed by atoms with E-state index in [1.54, 1.807) is 18.2 Å². The van der Waals surface area contributed by atoms with Crippen molar-refractivity contribution in [1.29, 1.82) is 0 Å². The maximum Gasteiger partial charge on any atom is 0.329 e. The van der Waals surface area contributed by atoms with E-state index < -0.39 is 17.2 Å². The molecule has 0 fully saturated rings. The molecule has 4 aromatic rings. The van der Waals surface area contributed by atoms with Crippen molar-refractivity contribution >= 4 is 39.2 Å². The molecule has 0 unspecified atom stereocenters. The van der Waals surface area contributed by atoms with E-state index >= 15 is 0 Å². The average Bonchev–Trinajstić information content (AvgIpc) is 2.69. The predicted molar refractivity (Wildman–Crippen MR) is 110 cm³/mol. The van der Waals surface area contributed by atoms with Gasteiger partial charge >= 0.3 is 5.69 Å². The third kappa shape index (κ3) is 3.30. The number of carbonyl (C=O) groups excluding carboxylic acids is 1. The molecular weight excluding hydrogens is 378 g/mol. The zero-order valence-electron chi connectivity index (χ0n) is 14.7. The molecule has 0 atom stereocenters. The fourth-order valence-corrected chi connectivity index (χ4v) is 3.49. The molecule has 0 aliphatic heterocycles. The normalized spacial score (nSPS) is 11.0. The molecule has 1 amide bonds. The molecular formula is C21H16ClN3O3. The molecule has 1 heterocycles. The first kappa shape index (κ1) is 18.0. The second-order valence-electron chi connectivity index (χ2n) is 6.40. The fraction of sp³-hybridized carbons (Fsp3) is 0.0952. The highest BCUT2D eigenvalue weighted by Crippen LogP contribution is 2.18. The molecule has 0 bridgehead atoms. The number of hydrogen-bond donors (Lipinski definition) is 2. The van der Waals surface area contributed by atoms with Gasteiger partial charge in [0.05, 0.1) is 15.9 Å². The van der Waals surface area contributed by atoms with Gasteiger partial charge in [0, 0.05) is 6.54 Å². The summed E-state index contributed by atoms with van der Waals surface area (Å²) < 4.78 is 0.854. The van der Waals surface area contributed by atoms with Gasteiger partial charge in [-0.25, -0.2) is 4.79 Å². The number of rotatable bonds is 4. The van der Waals surface area contributed by atoms with Gasteiger partial charge in [0.1, 0.15) is 6.54 Å². The minimum absolute atomic E-state index is 0.186. The Labute approximate surface area is 164 Å². The number of nitrogens with zero attached hydrogens (tertiary/aromatic N) is 1. The lowest BCUT2D eigenvalue weighted by molar-refractivity contribution is -0.121. The van der Waals surface area contributed by atoms with Crippen LogP contribution in [0.1, 0.15) is 5.56 Å². The van der Waals surface area contributed by atoms with E-state index in [0.717, 1.165) is 20.9 Å². The zero-order chi connectivity index (χ0) is 19.7. The van der Waals surface area contributed by atoms with Gasteiger partial charge in [-0.3, -0.25) is 14.2 Å². The van der Waals surface area contributed by atoms with E-state index in [2.05, 4.69) is 10.3 Å². The molecule has 7 heteroatoms. The van der Waals surface area contributed by atoms with Crippen molar-refractivity contribution in [1.82, 2.24) is 14.9 Å². The molecule has 0 radical (unpaired) electrons. The quantitative estimate of drug-likeness (QED) is 0.559. The maximum absolute atomic E-state index is 12.6. The molecule has 3 aromatic carbocycles. The number of nitrogens with one attached hydrogen (secondary N) is 2. The number of carbonyl (C=O) groups is 1. The monoisotopic (exact) mass is 393 g/mol. The molecule has 2 N–H and O–H groups in total.